The largest absolute Gasteiger partial charge is 0.457 e. The second-order valence-electron chi connectivity index (χ2n) is 15.1. The van der Waals surface area contributed by atoms with E-state index in [1.807, 2.05) is 0 Å². The highest BCUT2D eigenvalue weighted by Crippen LogP contribution is 2.62. The van der Waals surface area contributed by atoms with Crippen molar-refractivity contribution in [2.75, 3.05) is 0 Å². The van der Waals surface area contributed by atoms with Crippen molar-refractivity contribution in [3.8, 4) is 44.9 Å². The van der Waals surface area contributed by atoms with E-state index in [4.69, 9.17) is 4.74 Å². The Morgan fingerprint density at radius 1 is 0.309 bits per heavy atom. The summed E-state index contributed by atoms with van der Waals surface area (Å²) in [6.45, 7) is 0. The molecule has 1 heteroatoms. The van der Waals surface area contributed by atoms with E-state index in [1.54, 1.807) is 0 Å². The predicted octanol–water partition coefficient (Wildman–Crippen LogP) is 13.3. The highest BCUT2D eigenvalue weighted by atomic mass is 16.5. The summed E-state index contributed by atoms with van der Waals surface area (Å²) in [7, 11) is 0. The molecule has 55 heavy (non-hydrogen) atoms. The van der Waals surface area contributed by atoms with Crippen LogP contribution in [0.5, 0.6) is 11.5 Å². The summed E-state index contributed by atoms with van der Waals surface area (Å²) in [5.74, 6) is 1.81. The first-order chi connectivity index (χ1) is 27.3. The van der Waals surface area contributed by atoms with E-state index >= 15 is 0 Å². The van der Waals surface area contributed by atoms with Gasteiger partial charge in [-0.3, -0.25) is 0 Å². The molecule has 1 heterocycles. The molecule has 0 bridgehead atoms. The number of rotatable bonds is 3. The molecule has 0 saturated heterocycles. The Morgan fingerprint density at radius 3 is 1.58 bits per heavy atom. The zero-order valence-electron chi connectivity index (χ0n) is 30.0. The average molecular weight is 699 g/mol. The van der Waals surface area contributed by atoms with E-state index in [0.29, 0.717) is 0 Å². The fourth-order valence-electron chi connectivity index (χ4n) is 10.5. The number of para-hydroxylation sites is 1. The molecule has 1 unspecified atom stereocenters. The van der Waals surface area contributed by atoms with Gasteiger partial charge in [0.15, 0.2) is 0 Å². The minimum atomic E-state index is -0.464. The number of hydrogen-bond acceptors (Lipinski definition) is 1. The lowest BCUT2D eigenvalue weighted by atomic mass is 9.66. The standard InChI is InChI=1S/C54H34O/c1-2-15-38(16-3-1)53(46-23-11-8-20-43(46)52-40-17-5-4-14-36(40)28-33-49(52)53)39-30-26-35(27-31-39)37-29-32-48-51(34-37)55-50-25-13-12-24-47(50)54(48)44-21-9-6-18-41(44)42-19-7-10-22-45(42)54/h1-34H. The third kappa shape index (κ3) is 3.92. The first-order valence-electron chi connectivity index (χ1n) is 19.2. The van der Waals surface area contributed by atoms with Crippen molar-refractivity contribution in [1.29, 1.82) is 0 Å². The molecule has 3 aliphatic rings. The predicted molar refractivity (Wildman–Crippen MR) is 224 cm³/mol. The Kier molecular flexibility index (Phi) is 6.25. The molecule has 1 atom stereocenters. The molecule has 1 spiro atoms. The van der Waals surface area contributed by atoms with Gasteiger partial charge in [-0.1, -0.05) is 194 Å². The van der Waals surface area contributed by atoms with Crippen LogP contribution in [0.4, 0.5) is 0 Å². The van der Waals surface area contributed by atoms with Crippen LogP contribution < -0.4 is 4.74 Å². The molecule has 0 radical (unpaired) electrons. The summed E-state index contributed by atoms with van der Waals surface area (Å²) in [5.41, 5.74) is 16.7. The van der Waals surface area contributed by atoms with Crippen molar-refractivity contribution < 1.29 is 4.74 Å². The van der Waals surface area contributed by atoms with Crippen LogP contribution in [0.15, 0.2) is 206 Å². The lowest BCUT2D eigenvalue weighted by molar-refractivity contribution is 0.436. The Balaban J connectivity index is 1.04. The van der Waals surface area contributed by atoms with Gasteiger partial charge >= 0.3 is 0 Å². The quantitative estimate of drug-likeness (QED) is 0.178. The van der Waals surface area contributed by atoms with Crippen molar-refractivity contribution in [2.45, 2.75) is 10.8 Å². The maximum Gasteiger partial charge on any atom is 0.132 e. The Morgan fingerprint density at radius 2 is 0.836 bits per heavy atom. The van der Waals surface area contributed by atoms with Crippen LogP contribution in [-0.2, 0) is 10.8 Å². The smallest absolute Gasteiger partial charge is 0.132 e. The van der Waals surface area contributed by atoms with Gasteiger partial charge in [-0.05, 0) is 89.7 Å². The Labute approximate surface area is 320 Å². The maximum atomic E-state index is 6.85. The van der Waals surface area contributed by atoms with Gasteiger partial charge in [-0.15, -0.1) is 0 Å². The van der Waals surface area contributed by atoms with Crippen LogP contribution in [0.1, 0.15) is 44.5 Å². The van der Waals surface area contributed by atoms with Crippen molar-refractivity contribution in [3.05, 3.63) is 251 Å². The summed E-state index contributed by atoms with van der Waals surface area (Å²) in [5, 5.41) is 2.56. The van der Waals surface area contributed by atoms with E-state index in [1.165, 1.54) is 77.5 Å². The SMILES string of the molecule is c1ccc(C2(c3ccc(-c4ccc5c(c4)Oc4ccccc4C54c5ccccc5-c5ccccc54)cc3)c3ccccc3-c3c2ccc2ccccc32)cc1. The van der Waals surface area contributed by atoms with Crippen molar-refractivity contribution in [2.24, 2.45) is 0 Å². The molecule has 12 rings (SSSR count). The molecular formula is C54H34O. The Bertz CT molecular complexity index is 2960. The monoisotopic (exact) mass is 698 g/mol. The van der Waals surface area contributed by atoms with Gasteiger partial charge in [-0.2, -0.15) is 0 Å². The first kappa shape index (κ1) is 30.5. The van der Waals surface area contributed by atoms with E-state index in [-0.39, 0.29) is 0 Å². The molecule has 0 N–H and O–H groups in total. The number of hydrogen-bond donors (Lipinski definition) is 0. The molecule has 0 fully saturated rings. The average Bonchev–Trinajstić information content (AvgIpc) is 3.73. The van der Waals surface area contributed by atoms with Gasteiger partial charge in [0.2, 0.25) is 0 Å². The highest BCUT2D eigenvalue weighted by Gasteiger charge is 2.51. The van der Waals surface area contributed by atoms with Gasteiger partial charge in [0.1, 0.15) is 11.5 Å². The van der Waals surface area contributed by atoms with Crippen LogP contribution in [0.3, 0.4) is 0 Å². The normalized spacial score (nSPS) is 16.4. The lowest BCUT2D eigenvalue weighted by Crippen LogP contribution is -2.32. The summed E-state index contributed by atoms with van der Waals surface area (Å²) >= 11 is 0. The molecule has 9 aromatic carbocycles. The third-order valence-electron chi connectivity index (χ3n) is 12.6. The summed E-state index contributed by atoms with van der Waals surface area (Å²) in [6.07, 6.45) is 0. The van der Waals surface area contributed by atoms with Gasteiger partial charge in [0.05, 0.1) is 10.8 Å². The van der Waals surface area contributed by atoms with E-state index in [0.717, 1.165) is 22.6 Å². The number of benzene rings is 9. The van der Waals surface area contributed by atoms with E-state index in [9.17, 15) is 0 Å². The summed E-state index contributed by atoms with van der Waals surface area (Å²) in [4.78, 5) is 0. The van der Waals surface area contributed by atoms with Crippen molar-refractivity contribution in [3.63, 3.8) is 0 Å². The van der Waals surface area contributed by atoms with E-state index < -0.39 is 10.8 Å². The van der Waals surface area contributed by atoms with Crippen LogP contribution in [0.2, 0.25) is 0 Å². The molecule has 2 aliphatic carbocycles. The zero-order valence-corrected chi connectivity index (χ0v) is 30.0. The molecule has 0 saturated carbocycles. The molecule has 256 valence electrons. The van der Waals surface area contributed by atoms with Crippen LogP contribution in [-0.4, -0.2) is 0 Å². The fourth-order valence-corrected chi connectivity index (χ4v) is 10.5. The second-order valence-corrected chi connectivity index (χ2v) is 15.1. The molecule has 1 aliphatic heterocycles. The molecular weight excluding hydrogens is 665 g/mol. The Hall–Kier alpha value is -6.96. The topological polar surface area (TPSA) is 9.23 Å². The fraction of sp³-hybridized carbons (Fsp3) is 0.0370. The molecule has 1 nitrogen and oxygen atoms in total. The third-order valence-corrected chi connectivity index (χ3v) is 12.6. The zero-order chi connectivity index (χ0) is 36.1. The molecule has 0 aromatic heterocycles. The van der Waals surface area contributed by atoms with Crippen LogP contribution >= 0.6 is 0 Å². The van der Waals surface area contributed by atoms with Crippen LogP contribution in [0.25, 0.3) is 44.2 Å². The number of fused-ring (bicyclic) bond motifs is 14. The highest BCUT2D eigenvalue weighted by molar-refractivity contribution is 6.04. The van der Waals surface area contributed by atoms with Gasteiger partial charge < -0.3 is 4.74 Å². The van der Waals surface area contributed by atoms with E-state index in [2.05, 4.69) is 206 Å². The summed E-state index contributed by atoms with van der Waals surface area (Å²) < 4.78 is 6.85. The van der Waals surface area contributed by atoms with Gasteiger partial charge in [-0.25, -0.2) is 0 Å². The van der Waals surface area contributed by atoms with Gasteiger partial charge in [0.25, 0.3) is 0 Å². The molecule has 0 amide bonds. The number of ether oxygens (including phenoxy) is 1. The maximum absolute atomic E-state index is 6.85. The van der Waals surface area contributed by atoms with Gasteiger partial charge in [0, 0.05) is 11.1 Å². The minimum Gasteiger partial charge on any atom is -0.457 e. The van der Waals surface area contributed by atoms with Crippen molar-refractivity contribution >= 4 is 10.8 Å². The van der Waals surface area contributed by atoms with Crippen LogP contribution in [0, 0.1) is 0 Å². The minimum absolute atomic E-state index is 0.463. The second kappa shape index (κ2) is 11.3. The first-order valence-corrected chi connectivity index (χ1v) is 19.2. The molecule has 9 aromatic rings. The van der Waals surface area contributed by atoms with Crippen molar-refractivity contribution in [1.82, 2.24) is 0 Å². The summed E-state index contributed by atoms with van der Waals surface area (Å²) in [6, 6.07) is 76.1. The lowest BCUT2D eigenvalue weighted by Gasteiger charge is -2.39.